The number of nitrogens with one attached hydrogen (secondary N) is 2. The number of para-hydroxylation sites is 1. The number of fused-ring (bicyclic) bond motifs is 1. The lowest BCUT2D eigenvalue weighted by atomic mass is 10.1. The SMILES string of the molecule is Cc1cccc(NC(=O)c2ccccc2NC(=O)c2cc(C)nc3c2c(C)nn3C)c1. The zero-order valence-electron chi connectivity index (χ0n) is 17.9. The van der Waals surface area contributed by atoms with Crippen LogP contribution in [0.1, 0.15) is 37.7 Å². The number of anilines is 2. The first-order chi connectivity index (χ1) is 14.8. The first-order valence-electron chi connectivity index (χ1n) is 9.93. The summed E-state index contributed by atoms with van der Waals surface area (Å²) in [5.41, 5.74) is 5.11. The normalized spacial score (nSPS) is 10.8. The van der Waals surface area contributed by atoms with E-state index in [1.807, 2.05) is 45.0 Å². The van der Waals surface area contributed by atoms with Crippen LogP contribution in [0.3, 0.4) is 0 Å². The third-order valence-corrected chi connectivity index (χ3v) is 5.04. The second-order valence-corrected chi connectivity index (χ2v) is 7.54. The van der Waals surface area contributed by atoms with Gasteiger partial charge in [0.1, 0.15) is 0 Å². The van der Waals surface area contributed by atoms with Gasteiger partial charge in [0.2, 0.25) is 0 Å². The van der Waals surface area contributed by atoms with Gasteiger partial charge in [-0.05, 0) is 56.7 Å². The Bertz CT molecular complexity index is 1320. The number of benzene rings is 2. The Balaban J connectivity index is 1.66. The van der Waals surface area contributed by atoms with Crippen LogP contribution in [0, 0.1) is 20.8 Å². The largest absolute Gasteiger partial charge is 0.322 e. The summed E-state index contributed by atoms with van der Waals surface area (Å²) in [5.74, 6) is -0.613. The fourth-order valence-electron chi connectivity index (χ4n) is 3.65. The quantitative estimate of drug-likeness (QED) is 0.519. The van der Waals surface area contributed by atoms with Gasteiger partial charge in [-0.15, -0.1) is 0 Å². The highest BCUT2D eigenvalue weighted by Crippen LogP contribution is 2.24. The minimum Gasteiger partial charge on any atom is -0.322 e. The highest BCUT2D eigenvalue weighted by atomic mass is 16.2. The van der Waals surface area contributed by atoms with Crippen molar-refractivity contribution < 1.29 is 9.59 Å². The van der Waals surface area contributed by atoms with Gasteiger partial charge in [0.15, 0.2) is 5.65 Å². The summed E-state index contributed by atoms with van der Waals surface area (Å²) in [6, 6.07) is 16.2. The highest BCUT2D eigenvalue weighted by molar-refractivity contribution is 6.16. The third-order valence-electron chi connectivity index (χ3n) is 5.04. The lowest BCUT2D eigenvalue weighted by Crippen LogP contribution is -2.19. The molecule has 0 radical (unpaired) electrons. The van der Waals surface area contributed by atoms with Gasteiger partial charge in [-0.3, -0.25) is 14.3 Å². The number of hydrogen-bond donors (Lipinski definition) is 2. The summed E-state index contributed by atoms with van der Waals surface area (Å²) in [6.07, 6.45) is 0. The van der Waals surface area contributed by atoms with E-state index in [4.69, 9.17) is 0 Å². The number of nitrogens with zero attached hydrogens (tertiary/aromatic N) is 3. The first-order valence-corrected chi connectivity index (χ1v) is 9.93. The van der Waals surface area contributed by atoms with Crippen LogP contribution in [-0.4, -0.2) is 26.6 Å². The molecule has 156 valence electrons. The second-order valence-electron chi connectivity index (χ2n) is 7.54. The Morgan fingerprint density at radius 3 is 2.39 bits per heavy atom. The molecule has 0 aliphatic carbocycles. The maximum Gasteiger partial charge on any atom is 0.257 e. The summed E-state index contributed by atoms with van der Waals surface area (Å²) >= 11 is 0. The predicted molar refractivity (Wildman–Crippen MR) is 122 cm³/mol. The van der Waals surface area contributed by atoms with Crippen LogP contribution < -0.4 is 10.6 Å². The number of amides is 2. The molecule has 0 bridgehead atoms. The standard InChI is InChI=1S/C24H23N5O2/c1-14-8-7-9-17(12-14)26-23(30)18-10-5-6-11-20(18)27-24(31)19-13-15(2)25-22-21(19)16(3)28-29(22)4/h5-13H,1-4H3,(H,26,30)(H,27,31). The van der Waals surface area contributed by atoms with E-state index in [1.54, 1.807) is 42.1 Å². The van der Waals surface area contributed by atoms with Crippen molar-refractivity contribution in [1.29, 1.82) is 0 Å². The van der Waals surface area contributed by atoms with E-state index in [0.29, 0.717) is 39.2 Å². The number of hydrogen-bond acceptors (Lipinski definition) is 4. The summed E-state index contributed by atoms with van der Waals surface area (Å²) < 4.78 is 1.66. The van der Waals surface area contributed by atoms with Crippen LogP contribution in [-0.2, 0) is 7.05 Å². The van der Waals surface area contributed by atoms with Crippen molar-refractivity contribution in [1.82, 2.24) is 14.8 Å². The Labute approximate surface area is 180 Å². The lowest BCUT2D eigenvalue weighted by molar-refractivity contribution is 0.102. The van der Waals surface area contributed by atoms with Gasteiger partial charge in [-0.2, -0.15) is 5.10 Å². The molecular weight excluding hydrogens is 390 g/mol. The molecule has 2 N–H and O–H groups in total. The van der Waals surface area contributed by atoms with Crippen LogP contribution in [0.15, 0.2) is 54.6 Å². The molecule has 2 aromatic heterocycles. The zero-order chi connectivity index (χ0) is 22.1. The van der Waals surface area contributed by atoms with E-state index in [9.17, 15) is 9.59 Å². The van der Waals surface area contributed by atoms with E-state index in [2.05, 4.69) is 20.7 Å². The number of carbonyl (C=O) groups is 2. The maximum atomic E-state index is 13.2. The fraction of sp³-hybridized carbons (Fsp3) is 0.167. The van der Waals surface area contributed by atoms with Crippen LogP contribution in [0.25, 0.3) is 11.0 Å². The number of aryl methyl sites for hydroxylation is 4. The molecule has 0 unspecified atom stereocenters. The molecule has 0 aliphatic rings. The Kier molecular flexibility index (Phi) is 5.25. The van der Waals surface area contributed by atoms with E-state index in [0.717, 1.165) is 11.3 Å². The van der Waals surface area contributed by atoms with Gasteiger partial charge in [-0.1, -0.05) is 24.3 Å². The molecule has 0 saturated heterocycles. The molecule has 0 fully saturated rings. The average Bonchev–Trinajstić information content (AvgIpc) is 3.01. The number of rotatable bonds is 4. The van der Waals surface area contributed by atoms with Crippen molar-refractivity contribution in [3.8, 4) is 0 Å². The van der Waals surface area contributed by atoms with Gasteiger partial charge >= 0.3 is 0 Å². The van der Waals surface area contributed by atoms with Crippen molar-refractivity contribution in [3.63, 3.8) is 0 Å². The summed E-state index contributed by atoms with van der Waals surface area (Å²) in [6.45, 7) is 5.64. The molecule has 31 heavy (non-hydrogen) atoms. The smallest absolute Gasteiger partial charge is 0.257 e. The molecule has 0 aliphatic heterocycles. The van der Waals surface area contributed by atoms with Crippen molar-refractivity contribution in [2.24, 2.45) is 7.05 Å². The molecule has 0 spiro atoms. The van der Waals surface area contributed by atoms with Crippen LogP contribution in [0.5, 0.6) is 0 Å². The zero-order valence-corrected chi connectivity index (χ0v) is 17.9. The van der Waals surface area contributed by atoms with Crippen molar-refractivity contribution in [2.45, 2.75) is 20.8 Å². The Morgan fingerprint density at radius 2 is 1.61 bits per heavy atom. The Hall–Kier alpha value is -4.00. The van der Waals surface area contributed by atoms with Crippen molar-refractivity contribution in [3.05, 3.63) is 82.7 Å². The minimum atomic E-state index is -0.317. The van der Waals surface area contributed by atoms with E-state index in [1.165, 1.54) is 0 Å². The highest BCUT2D eigenvalue weighted by Gasteiger charge is 2.20. The van der Waals surface area contributed by atoms with Gasteiger partial charge in [0.25, 0.3) is 11.8 Å². The maximum absolute atomic E-state index is 13.2. The number of aromatic nitrogens is 3. The van der Waals surface area contributed by atoms with Crippen LogP contribution in [0.2, 0.25) is 0 Å². The molecule has 0 saturated carbocycles. The molecule has 2 heterocycles. The third kappa shape index (κ3) is 4.02. The van der Waals surface area contributed by atoms with Gasteiger partial charge in [0, 0.05) is 18.4 Å². The average molecular weight is 413 g/mol. The van der Waals surface area contributed by atoms with E-state index in [-0.39, 0.29) is 11.8 Å². The van der Waals surface area contributed by atoms with Crippen LogP contribution in [0.4, 0.5) is 11.4 Å². The fourth-order valence-corrected chi connectivity index (χ4v) is 3.65. The summed E-state index contributed by atoms with van der Waals surface area (Å²) in [5, 5.41) is 10.9. The number of pyridine rings is 1. The molecule has 2 amide bonds. The van der Waals surface area contributed by atoms with E-state index >= 15 is 0 Å². The number of carbonyl (C=O) groups excluding carboxylic acids is 2. The second kappa shape index (κ2) is 8.02. The summed E-state index contributed by atoms with van der Waals surface area (Å²) in [4.78, 5) is 30.6. The van der Waals surface area contributed by atoms with Crippen LogP contribution >= 0.6 is 0 Å². The molecule has 4 aromatic rings. The van der Waals surface area contributed by atoms with Crippen molar-refractivity contribution in [2.75, 3.05) is 10.6 Å². The summed E-state index contributed by atoms with van der Waals surface area (Å²) in [7, 11) is 1.80. The van der Waals surface area contributed by atoms with E-state index < -0.39 is 0 Å². The lowest BCUT2D eigenvalue weighted by Gasteiger charge is -2.13. The Morgan fingerprint density at radius 1 is 0.871 bits per heavy atom. The topological polar surface area (TPSA) is 88.9 Å². The molecule has 2 aromatic carbocycles. The minimum absolute atomic E-state index is 0.296. The molecular formula is C24H23N5O2. The van der Waals surface area contributed by atoms with Gasteiger partial charge < -0.3 is 10.6 Å². The molecule has 7 nitrogen and oxygen atoms in total. The molecule has 4 rings (SSSR count). The monoisotopic (exact) mass is 413 g/mol. The predicted octanol–water partition coefficient (Wildman–Crippen LogP) is 4.40. The molecule has 7 heteroatoms. The van der Waals surface area contributed by atoms with Crippen molar-refractivity contribution >= 4 is 34.2 Å². The molecule has 0 atom stereocenters. The van der Waals surface area contributed by atoms with Gasteiger partial charge in [-0.25, -0.2) is 4.98 Å². The first kappa shape index (κ1) is 20.3. The van der Waals surface area contributed by atoms with Gasteiger partial charge in [0.05, 0.1) is 27.9 Å².